The Kier molecular flexibility index (Phi) is 4.99. The van der Waals surface area contributed by atoms with Crippen LogP contribution < -0.4 is 10.6 Å². The first-order chi connectivity index (χ1) is 10.0. The van der Waals surface area contributed by atoms with Crippen LogP contribution in [-0.4, -0.2) is 12.5 Å². The van der Waals surface area contributed by atoms with Gasteiger partial charge in [0.05, 0.1) is 0 Å². The molecule has 0 unspecified atom stereocenters. The first kappa shape index (κ1) is 15.1. The van der Waals surface area contributed by atoms with Crippen LogP contribution in [-0.2, 0) is 4.79 Å². The molecule has 0 aromatic heterocycles. The van der Waals surface area contributed by atoms with Gasteiger partial charge in [-0.25, -0.2) is 0 Å². The van der Waals surface area contributed by atoms with E-state index in [0.29, 0.717) is 13.0 Å². The zero-order valence-electron chi connectivity index (χ0n) is 12.9. The third-order valence-corrected chi connectivity index (χ3v) is 3.38. The summed E-state index contributed by atoms with van der Waals surface area (Å²) in [6.45, 7) is 6.80. The van der Waals surface area contributed by atoms with Gasteiger partial charge in [-0.05, 0) is 44.5 Å². The van der Waals surface area contributed by atoms with Gasteiger partial charge in [0.25, 0.3) is 0 Å². The van der Waals surface area contributed by atoms with Crippen molar-refractivity contribution in [3.8, 4) is 0 Å². The molecule has 0 aliphatic heterocycles. The van der Waals surface area contributed by atoms with Gasteiger partial charge in [-0.1, -0.05) is 35.4 Å². The molecule has 110 valence electrons. The second-order valence-corrected chi connectivity index (χ2v) is 5.41. The lowest BCUT2D eigenvalue weighted by Gasteiger charge is -2.10. The number of rotatable bonds is 5. The zero-order chi connectivity index (χ0) is 15.2. The number of aryl methyl sites for hydroxylation is 3. The Balaban J connectivity index is 1.80. The Labute approximate surface area is 126 Å². The highest BCUT2D eigenvalue weighted by molar-refractivity contribution is 5.91. The van der Waals surface area contributed by atoms with Crippen molar-refractivity contribution >= 4 is 17.3 Å². The number of benzene rings is 2. The molecule has 0 fully saturated rings. The summed E-state index contributed by atoms with van der Waals surface area (Å²) in [5.74, 6) is 0.0242. The SMILES string of the molecule is Cc1ccc(NC(=O)CCNc2ccc(C)cc2C)cc1. The predicted molar refractivity (Wildman–Crippen MR) is 88.8 cm³/mol. The number of carbonyl (C=O) groups excluding carboxylic acids is 1. The number of carbonyl (C=O) groups is 1. The second kappa shape index (κ2) is 6.93. The fourth-order valence-electron chi connectivity index (χ4n) is 2.18. The van der Waals surface area contributed by atoms with E-state index in [-0.39, 0.29) is 5.91 Å². The van der Waals surface area contributed by atoms with E-state index in [0.717, 1.165) is 11.4 Å². The smallest absolute Gasteiger partial charge is 0.226 e. The van der Waals surface area contributed by atoms with E-state index in [1.165, 1.54) is 16.7 Å². The molecule has 2 N–H and O–H groups in total. The first-order valence-corrected chi connectivity index (χ1v) is 7.22. The van der Waals surface area contributed by atoms with Gasteiger partial charge in [0.1, 0.15) is 0 Å². The largest absolute Gasteiger partial charge is 0.384 e. The van der Waals surface area contributed by atoms with Gasteiger partial charge in [0.15, 0.2) is 0 Å². The Morgan fingerprint density at radius 2 is 1.62 bits per heavy atom. The summed E-state index contributed by atoms with van der Waals surface area (Å²) in [5.41, 5.74) is 5.56. The van der Waals surface area contributed by atoms with Gasteiger partial charge in [-0.3, -0.25) is 4.79 Å². The third-order valence-electron chi connectivity index (χ3n) is 3.38. The molecule has 0 heterocycles. The predicted octanol–water partition coefficient (Wildman–Crippen LogP) is 4.05. The monoisotopic (exact) mass is 282 g/mol. The highest BCUT2D eigenvalue weighted by Gasteiger charge is 2.03. The van der Waals surface area contributed by atoms with Crippen molar-refractivity contribution in [2.75, 3.05) is 17.2 Å². The zero-order valence-corrected chi connectivity index (χ0v) is 12.9. The summed E-state index contributed by atoms with van der Waals surface area (Å²) >= 11 is 0. The maximum atomic E-state index is 11.9. The van der Waals surface area contributed by atoms with Gasteiger partial charge in [-0.15, -0.1) is 0 Å². The standard InChI is InChI=1S/C18H22N2O/c1-13-4-7-16(8-5-13)20-18(21)10-11-19-17-9-6-14(2)12-15(17)3/h4-9,12,19H,10-11H2,1-3H3,(H,20,21). The molecule has 1 amide bonds. The summed E-state index contributed by atoms with van der Waals surface area (Å²) in [6.07, 6.45) is 0.446. The maximum Gasteiger partial charge on any atom is 0.226 e. The van der Waals surface area contributed by atoms with E-state index in [1.54, 1.807) is 0 Å². The molecule has 0 atom stereocenters. The van der Waals surface area contributed by atoms with Gasteiger partial charge >= 0.3 is 0 Å². The maximum absolute atomic E-state index is 11.9. The highest BCUT2D eigenvalue weighted by atomic mass is 16.1. The van der Waals surface area contributed by atoms with E-state index in [2.05, 4.69) is 42.7 Å². The molecule has 2 aromatic rings. The van der Waals surface area contributed by atoms with E-state index < -0.39 is 0 Å². The Morgan fingerprint density at radius 1 is 0.952 bits per heavy atom. The lowest BCUT2D eigenvalue weighted by atomic mass is 10.1. The quantitative estimate of drug-likeness (QED) is 0.868. The molecule has 0 bridgehead atoms. The number of hydrogen-bond acceptors (Lipinski definition) is 2. The normalized spacial score (nSPS) is 10.2. The van der Waals surface area contributed by atoms with Crippen molar-refractivity contribution in [2.24, 2.45) is 0 Å². The fraction of sp³-hybridized carbons (Fsp3) is 0.278. The van der Waals surface area contributed by atoms with Crippen LogP contribution in [0.15, 0.2) is 42.5 Å². The van der Waals surface area contributed by atoms with Crippen molar-refractivity contribution in [2.45, 2.75) is 27.2 Å². The van der Waals surface area contributed by atoms with E-state index >= 15 is 0 Å². The van der Waals surface area contributed by atoms with Crippen LogP contribution in [0.5, 0.6) is 0 Å². The Morgan fingerprint density at radius 3 is 2.29 bits per heavy atom. The number of amides is 1. The first-order valence-electron chi connectivity index (χ1n) is 7.22. The molecule has 0 radical (unpaired) electrons. The minimum atomic E-state index is 0.0242. The average molecular weight is 282 g/mol. The molecule has 0 spiro atoms. The fourth-order valence-corrected chi connectivity index (χ4v) is 2.18. The van der Waals surface area contributed by atoms with Crippen LogP contribution in [0.25, 0.3) is 0 Å². The van der Waals surface area contributed by atoms with E-state index in [1.807, 2.05) is 31.2 Å². The molecular formula is C18H22N2O. The van der Waals surface area contributed by atoms with Gasteiger partial charge in [0, 0.05) is 24.3 Å². The number of hydrogen-bond donors (Lipinski definition) is 2. The van der Waals surface area contributed by atoms with Crippen LogP contribution in [0.1, 0.15) is 23.1 Å². The van der Waals surface area contributed by atoms with Crippen LogP contribution in [0.2, 0.25) is 0 Å². The summed E-state index contributed by atoms with van der Waals surface area (Å²) in [4.78, 5) is 11.9. The third kappa shape index (κ3) is 4.63. The number of anilines is 2. The number of nitrogens with one attached hydrogen (secondary N) is 2. The lowest BCUT2D eigenvalue weighted by Crippen LogP contribution is -2.16. The van der Waals surface area contributed by atoms with Crippen molar-refractivity contribution in [3.63, 3.8) is 0 Å². The molecule has 2 rings (SSSR count). The van der Waals surface area contributed by atoms with Crippen LogP contribution in [0, 0.1) is 20.8 Å². The lowest BCUT2D eigenvalue weighted by molar-refractivity contribution is -0.115. The summed E-state index contributed by atoms with van der Waals surface area (Å²) in [5, 5.41) is 6.21. The second-order valence-electron chi connectivity index (χ2n) is 5.41. The van der Waals surface area contributed by atoms with Gasteiger partial charge < -0.3 is 10.6 Å². The van der Waals surface area contributed by atoms with Gasteiger partial charge in [0.2, 0.25) is 5.91 Å². The molecule has 3 nitrogen and oxygen atoms in total. The summed E-state index contributed by atoms with van der Waals surface area (Å²) in [6, 6.07) is 14.1. The van der Waals surface area contributed by atoms with Crippen LogP contribution >= 0.6 is 0 Å². The molecule has 21 heavy (non-hydrogen) atoms. The molecule has 2 aromatic carbocycles. The minimum absolute atomic E-state index is 0.0242. The van der Waals surface area contributed by atoms with E-state index in [4.69, 9.17) is 0 Å². The Hall–Kier alpha value is -2.29. The molecule has 0 saturated heterocycles. The molecule has 0 aliphatic carbocycles. The minimum Gasteiger partial charge on any atom is -0.384 e. The van der Waals surface area contributed by atoms with Gasteiger partial charge in [-0.2, -0.15) is 0 Å². The Bertz CT molecular complexity index is 618. The molecule has 0 saturated carbocycles. The van der Waals surface area contributed by atoms with Crippen molar-refractivity contribution in [1.82, 2.24) is 0 Å². The summed E-state index contributed by atoms with van der Waals surface area (Å²) in [7, 11) is 0. The molecular weight excluding hydrogens is 260 g/mol. The topological polar surface area (TPSA) is 41.1 Å². The highest BCUT2D eigenvalue weighted by Crippen LogP contribution is 2.16. The van der Waals surface area contributed by atoms with E-state index in [9.17, 15) is 4.79 Å². The molecule has 3 heteroatoms. The van der Waals surface area contributed by atoms with Crippen LogP contribution in [0.4, 0.5) is 11.4 Å². The van der Waals surface area contributed by atoms with Crippen molar-refractivity contribution in [1.29, 1.82) is 0 Å². The van der Waals surface area contributed by atoms with Crippen molar-refractivity contribution in [3.05, 3.63) is 59.2 Å². The van der Waals surface area contributed by atoms with Crippen LogP contribution in [0.3, 0.4) is 0 Å². The van der Waals surface area contributed by atoms with Crippen molar-refractivity contribution < 1.29 is 4.79 Å². The molecule has 0 aliphatic rings. The average Bonchev–Trinajstić information content (AvgIpc) is 2.44. The summed E-state index contributed by atoms with van der Waals surface area (Å²) < 4.78 is 0.